The van der Waals surface area contributed by atoms with Crippen molar-refractivity contribution < 1.29 is 43.5 Å². The van der Waals surface area contributed by atoms with Gasteiger partial charge in [-0.05, 0) is 44.8 Å². The lowest BCUT2D eigenvalue weighted by Crippen LogP contribution is -2.66. The van der Waals surface area contributed by atoms with Crippen LogP contribution in [-0.4, -0.2) is 83.7 Å². The first-order valence-electron chi connectivity index (χ1n) is 13.5. The third-order valence-electron chi connectivity index (χ3n) is 10.1. The number of esters is 2. The lowest BCUT2D eigenvalue weighted by Gasteiger charge is -2.58. The number of hydrogen-bond acceptors (Lipinski definition) is 9. The van der Waals surface area contributed by atoms with E-state index >= 15 is 0 Å². The lowest BCUT2D eigenvalue weighted by molar-refractivity contribution is -0.232. The first-order chi connectivity index (χ1) is 18.1. The minimum atomic E-state index is -1.47. The van der Waals surface area contributed by atoms with E-state index in [1.807, 2.05) is 0 Å². The standard InChI is InChI=1S/C29H36O9/c1-17-7-10-27-15-34-24(32)13-19-8-11-35-28(18(2)30,25(19)33)9-5-4-6-23(31)38-20-14-22(37-21(27)12-17)29(16-36-29)26(20,27)3/h4-6,9,12-13,18,20-22,25,30,33H,7-8,10-11,14-16H2,1-3H3/b6-4+,9-5+,19-13?/t18-,20+,21+,22+,25?,26+,27+,28+,29-/m0/s1. The highest BCUT2D eigenvalue weighted by atomic mass is 16.6. The van der Waals surface area contributed by atoms with Gasteiger partial charge in [-0.15, -0.1) is 0 Å². The van der Waals surface area contributed by atoms with Gasteiger partial charge in [0.1, 0.15) is 30.0 Å². The SMILES string of the molecule is CC1=C[C@H]2O[C@@H]3C[C@H]4OC(=O)/C=C/C=C/[C@]5([C@H](C)O)OCCC(=CC(=O)OC[C@@]2(CC1)[C@]4(C)[C@]31CO1)C5O. The summed E-state index contributed by atoms with van der Waals surface area (Å²) in [6.07, 6.45) is 8.21. The Morgan fingerprint density at radius 3 is 2.61 bits per heavy atom. The van der Waals surface area contributed by atoms with Crippen molar-refractivity contribution in [2.24, 2.45) is 10.8 Å². The van der Waals surface area contributed by atoms with Crippen LogP contribution in [0.2, 0.25) is 0 Å². The summed E-state index contributed by atoms with van der Waals surface area (Å²) in [5.74, 6) is -1.10. The Labute approximate surface area is 222 Å². The van der Waals surface area contributed by atoms with E-state index in [4.69, 9.17) is 23.7 Å². The topological polar surface area (TPSA) is 124 Å². The number of aliphatic hydroxyl groups excluding tert-OH is 2. The minimum absolute atomic E-state index is 0.0519. The normalized spacial score (nSPS) is 48.7. The van der Waals surface area contributed by atoms with Crippen molar-refractivity contribution in [2.45, 2.75) is 88.2 Å². The summed E-state index contributed by atoms with van der Waals surface area (Å²) >= 11 is 0. The van der Waals surface area contributed by atoms with Gasteiger partial charge in [-0.25, -0.2) is 9.59 Å². The van der Waals surface area contributed by atoms with E-state index < -0.39 is 52.3 Å². The second kappa shape index (κ2) is 8.86. The molecule has 0 aromatic carbocycles. The number of carbonyl (C=O) groups excluding carboxylic acids is 2. The summed E-state index contributed by atoms with van der Waals surface area (Å²) in [4.78, 5) is 26.2. The molecule has 0 radical (unpaired) electrons. The van der Waals surface area contributed by atoms with Crippen LogP contribution in [0.3, 0.4) is 0 Å². The number of rotatable bonds is 1. The predicted molar refractivity (Wildman–Crippen MR) is 134 cm³/mol. The van der Waals surface area contributed by atoms with Gasteiger partial charge in [0, 0.05) is 24.0 Å². The number of hydrogen-bond donors (Lipinski definition) is 2. The molecule has 1 unspecified atom stereocenters. The Morgan fingerprint density at radius 2 is 1.87 bits per heavy atom. The second-order valence-electron chi connectivity index (χ2n) is 11.8. The van der Waals surface area contributed by atoms with E-state index in [0.29, 0.717) is 31.4 Å². The van der Waals surface area contributed by atoms with Crippen molar-refractivity contribution in [1.82, 2.24) is 0 Å². The molecule has 2 N–H and O–H groups in total. The molecule has 6 aliphatic rings. The molecule has 0 amide bonds. The quantitative estimate of drug-likeness (QED) is 0.299. The minimum Gasteiger partial charge on any atom is -0.462 e. The first kappa shape index (κ1) is 26.0. The molecule has 38 heavy (non-hydrogen) atoms. The van der Waals surface area contributed by atoms with Crippen LogP contribution in [0.1, 0.15) is 46.5 Å². The van der Waals surface area contributed by atoms with Crippen molar-refractivity contribution in [1.29, 1.82) is 0 Å². The van der Waals surface area contributed by atoms with Crippen molar-refractivity contribution in [3.63, 3.8) is 0 Å². The number of epoxide rings is 1. The molecule has 0 aromatic rings. The number of carbonyl (C=O) groups is 2. The van der Waals surface area contributed by atoms with E-state index in [0.717, 1.165) is 6.42 Å². The Balaban J connectivity index is 1.44. The Hall–Kier alpha value is -2.30. The van der Waals surface area contributed by atoms with E-state index in [1.54, 1.807) is 6.08 Å². The van der Waals surface area contributed by atoms with Gasteiger partial charge in [0.15, 0.2) is 0 Å². The van der Waals surface area contributed by atoms with E-state index in [1.165, 1.54) is 36.8 Å². The third-order valence-corrected chi connectivity index (χ3v) is 10.1. The van der Waals surface area contributed by atoms with Crippen LogP contribution in [0.5, 0.6) is 0 Å². The maximum atomic E-state index is 13.2. The number of cyclic esters (lactones) is 1. The lowest BCUT2D eigenvalue weighted by atomic mass is 9.51. The molecule has 4 bridgehead atoms. The largest absolute Gasteiger partial charge is 0.462 e. The van der Waals surface area contributed by atoms with Crippen LogP contribution in [0.4, 0.5) is 0 Å². The zero-order chi connectivity index (χ0) is 26.9. The molecule has 9 atom stereocenters. The molecule has 0 aromatic heterocycles. The summed E-state index contributed by atoms with van der Waals surface area (Å²) in [7, 11) is 0. The molecule has 206 valence electrons. The van der Waals surface area contributed by atoms with E-state index in [-0.39, 0.29) is 25.4 Å². The number of ether oxygens (including phenoxy) is 5. The van der Waals surface area contributed by atoms with Crippen LogP contribution in [0, 0.1) is 10.8 Å². The number of fused-ring (bicyclic) bond motifs is 2. The fraction of sp³-hybridized carbons (Fsp3) is 0.655. The molecule has 3 saturated heterocycles. The Kier molecular flexibility index (Phi) is 6.05. The molecule has 9 heteroatoms. The maximum Gasteiger partial charge on any atom is 0.331 e. The maximum absolute atomic E-state index is 13.2. The average molecular weight is 529 g/mol. The van der Waals surface area contributed by atoms with Gasteiger partial charge in [0.2, 0.25) is 0 Å². The van der Waals surface area contributed by atoms with Gasteiger partial charge >= 0.3 is 11.9 Å². The first-order valence-corrected chi connectivity index (χ1v) is 13.5. The summed E-state index contributed by atoms with van der Waals surface area (Å²) in [5.41, 5.74) is -1.76. The molecular formula is C29H36O9. The van der Waals surface area contributed by atoms with Gasteiger partial charge in [-0.3, -0.25) is 0 Å². The molecule has 1 saturated carbocycles. The highest BCUT2D eigenvalue weighted by molar-refractivity contribution is 5.83. The molecular weight excluding hydrogens is 492 g/mol. The highest BCUT2D eigenvalue weighted by Crippen LogP contribution is 2.72. The van der Waals surface area contributed by atoms with Crippen LogP contribution >= 0.6 is 0 Å². The smallest absolute Gasteiger partial charge is 0.331 e. The molecule has 4 aliphatic heterocycles. The van der Waals surface area contributed by atoms with Crippen molar-refractivity contribution >= 4 is 11.9 Å². The van der Waals surface area contributed by atoms with Crippen LogP contribution in [0.25, 0.3) is 0 Å². The molecule has 2 spiro atoms. The zero-order valence-corrected chi connectivity index (χ0v) is 22.1. The molecule has 4 heterocycles. The monoisotopic (exact) mass is 528 g/mol. The Bertz CT molecular complexity index is 1150. The number of aliphatic hydroxyl groups is 2. The zero-order valence-electron chi connectivity index (χ0n) is 22.1. The predicted octanol–water partition coefficient (Wildman–Crippen LogP) is 2.07. The highest BCUT2D eigenvalue weighted by Gasteiger charge is 2.83. The molecule has 9 nitrogen and oxygen atoms in total. The van der Waals surface area contributed by atoms with Crippen molar-refractivity contribution in [2.75, 3.05) is 19.8 Å². The van der Waals surface area contributed by atoms with Crippen molar-refractivity contribution in [3.05, 3.63) is 47.6 Å². The fourth-order valence-corrected chi connectivity index (χ4v) is 7.68. The van der Waals surface area contributed by atoms with Gasteiger partial charge in [-0.2, -0.15) is 0 Å². The van der Waals surface area contributed by atoms with Crippen molar-refractivity contribution in [3.8, 4) is 0 Å². The van der Waals surface area contributed by atoms with E-state index in [9.17, 15) is 19.8 Å². The third kappa shape index (κ3) is 3.48. The summed E-state index contributed by atoms with van der Waals surface area (Å²) in [5, 5.41) is 21.7. The van der Waals surface area contributed by atoms with Crippen LogP contribution in [-0.2, 0) is 33.3 Å². The van der Waals surface area contributed by atoms with Gasteiger partial charge in [0.05, 0.1) is 36.9 Å². The van der Waals surface area contributed by atoms with Crippen LogP contribution in [0.15, 0.2) is 47.6 Å². The van der Waals surface area contributed by atoms with Gasteiger partial charge < -0.3 is 33.9 Å². The second-order valence-corrected chi connectivity index (χ2v) is 11.8. The summed E-state index contributed by atoms with van der Waals surface area (Å²) in [6.45, 7) is 6.43. The van der Waals surface area contributed by atoms with Crippen LogP contribution < -0.4 is 0 Å². The fourth-order valence-electron chi connectivity index (χ4n) is 7.68. The summed E-state index contributed by atoms with van der Waals surface area (Å²) in [6, 6.07) is 0. The molecule has 2 aliphatic carbocycles. The van der Waals surface area contributed by atoms with Gasteiger partial charge in [0.25, 0.3) is 0 Å². The van der Waals surface area contributed by atoms with Gasteiger partial charge in [-0.1, -0.05) is 30.7 Å². The molecule has 6 rings (SSSR count). The van der Waals surface area contributed by atoms with E-state index in [2.05, 4.69) is 19.9 Å². The Morgan fingerprint density at radius 1 is 1.08 bits per heavy atom. The molecule has 4 fully saturated rings. The number of allylic oxidation sites excluding steroid dienone is 3. The summed E-state index contributed by atoms with van der Waals surface area (Å²) < 4.78 is 30.6. The average Bonchev–Trinajstić information content (AvgIpc) is 3.65.